The second kappa shape index (κ2) is 6.46. The summed E-state index contributed by atoms with van der Waals surface area (Å²) < 4.78 is 0.986. The van der Waals surface area contributed by atoms with Crippen LogP contribution >= 0.6 is 22.9 Å². The van der Waals surface area contributed by atoms with E-state index in [-0.39, 0.29) is 5.91 Å². The van der Waals surface area contributed by atoms with Gasteiger partial charge in [0.2, 0.25) is 0 Å². The van der Waals surface area contributed by atoms with Gasteiger partial charge < -0.3 is 11.1 Å². The molecule has 0 saturated carbocycles. The summed E-state index contributed by atoms with van der Waals surface area (Å²) in [5, 5.41) is 4.46. The van der Waals surface area contributed by atoms with Gasteiger partial charge in [-0.1, -0.05) is 38.3 Å². The molecule has 1 amide bonds. The van der Waals surface area contributed by atoms with Crippen molar-refractivity contribution in [2.45, 2.75) is 26.7 Å². The van der Waals surface area contributed by atoms with Crippen molar-refractivity contribution in [2.24, 2.45) is 5.92 Å². The van der Waals surface area contributed by atoms with Gasteiger partial charge in [0.1, 0.15) is 4.88 Å². The lowest BCUT2D eigenvalue weighted by molar-refractivity contribution is 0.0951. The van der Waals surface area contributed by atoms with Crippen molar-refractivity contribution in [1.29, 1.82) is 0 Å². The molecule has 1 heterocycles. The highest BCUT2D eigenvalue weighted by Crippen LogP contribution is 2.35. The first kappa shape index (κ1) is 15.1. The van der Waals surface area contributed by atoms with E-state index in [0.29, 0.717) is 28.0 Å². The van der Waals surface area contributed by atoms with Crippen LogP contribution in [-0.4, -0.2) is 12.5 Å². The fourth-order valence-corrected chi connectivity index (χ4v) is 3.34. The molecule has 0 aliphatic heterocycles. The topological polar surface area (TPSA) is 55.1 Å². The quantitative estimate of drug-likeness (QED) is 0.865. The van der Waals surface area contributed by atoms with E-state index >= 15 is 0 Å². The van der Waals surface area contributed by atoms with Crippen molar-refractivity contribution in [3.05, 3.63) is 28.1 Å². The lowest BCUT2D eigenvalue weighted by Crippen LogP contribution is -2.28. The molecule has 0 aliphatic rings. The molecular weight excluding hydrogens is 292 g/mol. The molecule has 3 N–H and O–H groups in total. The van der Waals surface area contributed by atoms with Gasteiger partial charge in [0, 0.05) is 21.7 Å². The minimum Gasteiger partial charge on any atom is -0.397 e. The SMILES string of the molecule is CCC(CC)CNC(=O)c1sc2ccc(Cl)cc2c1N. The highest BCUT2D eigenvalue weighted by atomic mass is 35.5. The van der Waals surface area contributed by atoms with Crippen molar-refractivity contribution in [2.75, 3.05) is 12.3 Å². The van der Waals surface area contributed by atoms with Crippen LogP contribution in [-0.2, 0) is 0 Å². The number of anilines is 1. The number of nitrogens with one attached hydrogen (secondary N) is 1. The van der Waals surface area contributed by atoms with Gasteiger partial charge in [-0.15, -0.1) is 11.3 Å². The Hall–Kier alpha value is -1.26. The van der Waals surface area contributed by atoms with E-state index in [4.69, 9.17) is 17.3 Å². The number of nitrogen functional groups attached to an aromatic ring is 1. The van der Waals surface area contributed by atoms with Crippen molar-refractivity contribution >= 4 is 44.6 Å². The zero-order valence-corrected chi connectivity index (χ0v) is 13.3. The highest BCUT2D eigenvalue weighted by molar-refractivity contribution is 7.21. The second-order valence-electron chi connectivity index (χ2n) is 4.88. The maximum atomic E-state index is 12.2. The van der Waals surface area contributed by atoms with Crippen LogP contribution in [0.1, 0.15) is 36.4 Å². The monoisotopic (exact) mass is 310 g/mol. The van der Waals surface area contributed by atoms with Crippen LogP contribution < -0.4 is 11.1 Å². The van der Waals surface area contributed by atoms with E-state index in [1.807, 2.05) is 12.1 Å². The van der Waals surface area contributed by atoms with E-state index in [9.17, 15) is 4.79 Å². The zero-order valence-electron chi connectivity index (χ0n) is 11.7. The van der Waals surface area contributed by atoms with Gasteiger partial charge in [0.25, 0.3) is 5.91 Å². The third-order valence-corrected chi connectivity index (χ3v) is 5.02. The summed E-state index contributed by atoms with van der Waals surface area (Å²) in [5.41, 5.74) is 6.59. The van der Waals surface area contributed by atoms with E-state index in [2.05, 4.69) is 19.2 Å². The number of hydrogen-bond donors (Lipinski definition) is 2. The maximum absolute atomic E-state index is 12.2. The maximum Gasteiger partial charge on any atom is 0.263 e. The number of nitrogens with two attached hydrogens (primary N) is 1. The summed E-state index contributed by atoms with van der Waals surface area (Å²) in [6, 6.07) is 5.52. The number of amides is 1. The first-order valence-electron chi connectivity index (χ1n) is 6.82. The van der Waals surface area contributed by atoms with Crippen LogP contribution in [0.15, 0.2) is 18.2 Å². The third-order valence-electron chi connectivity index (χ3n) is 3.60. The lowest BCUT2D eigenvalue weighted by Gasteiger charge is -2.12. The summed E-state index contributed by atoms with van der Waals surface area (Å²) in [5.74, 6) is 0.427. The number of benzene rings is 1. The van der Waals surface area contributed by atoms with E-state index < -0.39 is 0 Å². The molecule has 0 unspecified atom stereocenters. The smallest absolute Gasteiger partial charge is 0.263 e. The van der Waals surface area contributed by atoms with Crippen LogP contribution in [0.25, 0.3) is 10.1 Å². The molecule has 0 radical (unpaired) electrons. The molecule has 5 heteroatoms. The number of hydrogen-bond acceptors (Lipinski definition) is 3. The van der Waals surface area contributed by atoms with Gasteiger partial charge in [0.05, 0.1) is 5.69 Å². The molecule has 0 saturated heterocycles. The minimum atomic E-state index is -0.0910. The van der Waals surface area contributed by atoms with Crippen molar-refractivity contribution in [3.63, 3.8) is 0 Å². The first-order chi connectivity index (χ1) is 9.56. The molecule has 0 aliphatic carbocycles. The Morgan fingerprint density at radius 3 is 2.75 bits per heavy atom. The van der Waals surface area contributed by atoms with Crippen molar-refractivity contribution < 1.29 is 4.79 Å². The number of halogens is 1. The summed E-state index contributed by atoms with van der Waals surface area (Å²) in [6.45, 7) is 4.96. The van der Waals surface area contributed by atoms with Crippen molar-refractivity contribution in [3.8, 4) is 0 Å². The molecule has 0 bridgehead atoms. The number of rotatable bonds is 5. The van der Waals surface area contributed by atoms with Crippen LogP contribution in [0.5, 0.6) is 0 Å². The second-order valence-corrected chi connectivity index (χ2v) is 6.37. The van der Waals surface area contributed by atoms with E-state index in [1.54, 1.807) is 6.07 Å². The average Bonchev–Trinajstić information content (AvgIpc) is 2.77. The van der Waals surface area contributed by atoms with Gasteiger partial charge in [-0.2, -0.15) is 0 Å². The number of carbonyl (C=O) groups is 1. The lowest BCUT2D eigenvalue weighted by atomic mass is 10.0. The van der Waals surface area contributed by atoms with Crippen molar-refractivity contribution in [1.82, 2.24) is 5.32 Å². The average molecular weight is 311 g/mol. The molecule has 0 atom stereocenters. The van der Waals surface area contributed by atoms with E-state index in [1.165, 1.54) is 11.3 Å². The summed E-state index contributed by atoms with van der Waals surface area (Å²) in [6.07, 6.45) is 2.13. The van der Waals surface area contributed by atoms with E-state index in [0.717, 1.165) is 22.9 Å². The fourth-order valence-electron chi connectivity index (χ4n) is 2.15. The largest absolute Gasteiger partial charge is 0.397 e. The van der Waals surface area contributed by atoms with Crippen LogP contribution in [0.2, 0.25) is 5.02 Å². The molecule has 3 nitrogen and oxygen atoms in total. The van der Waals surface area contributed by atoms with Crippen LogP contribution in [0.3, 0.4) is 0 Å². The Morgan fingerprint density at radius 2 is 2.10 bits per heavy atom. The molecular formula is C15H19ClN2OS. The Bertz CT molecular complexity index is 620. The minimum absolute atomic E-state index is 0.0910. The zero-order chi connectivity index (χ0) is 14.7. The molecule has 1 aromatic carbocycles. The Labute approximate surface area is 128 Å². The van der Waals surface area contributed by atoms with Gasteiger partial charge >= 0.3 is 0 Å². The van der Waals surface area contributed by atoms with Gasteiger partial charge in [-0.3, -0.25) is 4.79 Å². The Morgan fingerprint density at radius 1 is 1.40 bits per heavy atom. The summed E-state index contributed by atoms with van der Waals surface area (Å²) >= 11 is 7.38. The molecule has 0 spiro atoms. The molecule has 20 heavy (non-hydrogen) atoms. The van der Waals surface area contributed by atoms with Gasteiger partial charge in [-0.25, -0.2) is 0 Å². The Kier molecular flexibility index (Phi) is 4.89. The predicted molar refractivity (Wildman–Crippen MR) is 87.7 cm³/mol. The van der Waals surface area contributed by atoms with Crippen LogP contribution in [0.4, 0.5) is 5.69 Å². The normalized spacial score (nSPS) is 11.2. The predicted octanol–water partition coefficient (Wildman–Crippen LogP) is 4.30. The standard InChI is InChI=1S/C15H19ClN2OS/c1-3-9(4-2)8-18-15(19)14-13(17)11-7-10(16)5-6-12(11)20-14/h5-7,9H,3-4,8,17H2,1-2H3,(H,18,19). The number of thiophene rings is 1. The molecule has 108 valence electrons. The summed E-state index contributed by atoms with van der Waals surface area (Å²) in [7, 11) is 0. The molecule has 1 aromatic heterocycles. The fraction of sp³-hybridized carbons (Fsp3) is 0.400. The summed E-state index contributed by atoms with van der Waals surface area (Å²) in [4.78, 5) is 12.8. The number of fused-ring (bicyclic) bond motifs is 1. The van der Waals surface area contributed by atoms with Gasteiger partial charge in [-0.05, 0) is 24.1 Å². The number of carbonyl (C=O) groups excluding carboxylic acids is 1. The first-order valence-corrected chi connectivity index (χ1v) is 8.02. The van der Waals surface area contributed by atoms with Crippen LogP contribution in [0, 0.1) is 5.92 Å². The highest BCUT2D eigenvalue weighted by Gasteiger charge is 2.17. The molecule has 2 rings (SSSR count). The Balaban J connectivity index is 2.20. The van der Waals surface area contributed by atoms with Gasteiger partial charge in [0.15, 0.2) is 0 Å². The third kappa shape index (κ3) is 3.07. The molecule has 2 aromatic rings. The molecule has 0 fully saturated rings.